The lowest BCUT2D eigenvalue weighted by Gasteiger charge is -2.34. The van der Waals surface area contributed by atoms with Crippen LogP contribution in [0.3, 0.4) is 0 Å². The number of fused-ring (bicyclic) bond motifs is 1. The van der Waals surface area contributed by atoms with Gasteiger partial charge in [0.1, 0.15) is 11.6 Å². The molecule has 6 heteroatoms. The average molecular weight is 401 g/mol. The van der Waals surface area contributed by atoms with Crippen LogP contribution >= 0.6 is 0 Å². The minimum atomic E-state index is -0.225. The van der Waals surface area contributed by atoms with Crippen LogP contribution in [0.25, 0.3) is 11.1 Å². The first kappa shape index (κ1) is 18.6. The maximum absolute atomic E-state index is 13.1. The number of rotatable bonds is 2. The number of para-hydroxylation sites is 2. The van der Waals surface area contributed by atoms with Gasteiger partial charge in [0.2, 0.25) is 0 Å². The lowest BCUT2D eigenvalue weighted by atomic mass is 9.73. The molecule has 3 N–H and O–H groups in total. The number of hydrogen-bond donors (Lipinski definition) is 3. The summed E-state index contributed by atoms with van der Waals surface area (Å²) < 4.78 is 5.82. The summed E-state index contributed by atoms with van der Waals surface area (Å²) in [6.07, 6.45) is 1.35. The van der Waals surface area contributed by atoms with Crippen molar-refractivity contribution in [2.45, 2.75) is 39.7 Å². The van der Waals surface area contributed by atoms with Gasteiger partial charge < -0.3 is 4.42 Å². The van der Waals surface area contributed by atoms with Gasteiger partial charge in [-0.3, -0.25) is 9.79 Å². The fourth-order valence-corrected chi connectivity index (χ4v) is 4.29. The molecule has 0 fully saturated rings. The fourth-order valence-electron chi connectivity index (χ4n) is 4.29. The molecule has 2 aromatic carbocycles. The number of Topliss-reactive ketones (excluding diaryl/α,β-unsaturated/α-hetero) is 1. The molecule has 2 aliphatic rings. The zero-order chi connectivity index (χ0) is 20.9. The van der Waals surface area contributed by atoms with Gasteiger partial charge in [0.25, 0.3) is 0 Å². The lowest BCUT2D eigenvalue weighted by molar-refractivity contribution is -0.502. The molecule has 6 nitrogen and oxygen atoms in total. The number of benzene rings is 2. The predicted molar refractivity (Wildman–Crippen MR) is 116 cm³/mol. The number of oxazole rings is 1. The zero-order valence-electron chi connectivity index (χ0n) is 17.4. The molecule has 2 heterocycles. The molecule has 0 amide bonds. The minimum Gasteiger partial charge on any atom is -0.412 e. The first-order valence-electron chi connectivity index (χ1n) is 10.2. The largest absolute Gasteiger partial charge is 0.412 e. The van der Waals surface area contributed by atoms with Crippen molar-refractivity contribution in [1.82, 2.24) is 10.3 Å². The van der Waals surface area contributed by atoms with Gasteiger partial charge in [-0.15, -0.1) is 0 Å². The molecule has 5 rings (SSSR count). The number of nitrogens with one attached hydrogen (secondary N) is 3. The maximum atomic E-state index is 13.1. The fraction of sp³-hybridized carbons (Fsp3) is 0.292. The standard InChI is InChI=1S/C24H24N4O2/c1-14-8-10-15(11-9-14)21-20-17(12-24(2,3)13-18(20)29)25-22(27-21)28-23-26-16-6-4-5-7-19(16)30-23/h4-11,21H,12-13H2,1-3H3,(H2,25,26,27,28)/p+1/t21-/m1/s1. The van der Waals surface area contributed by atoms with Crippen LogP contribution in [0.4, 0.5) is 6.01 Å². The van der Waals surface area contributed by atoms with Gasteiger partial charge in [-0.2, -0.15) is 10.3 Å². The normalized spacial score (nSPS) is 20.6. The van der Waals surface area contributed by atoms with E-state index in [1.807, 2.05) is 24.3 Å². The smallest absolute Gasteiger partial charge is 0.365 e. The van der Waals surface area contributed by atoms with Crippen LogP contribution in [-0.4, -0.2) is 16.7 Å². The molecule has 0 saturated carbocycles. The molecule has 0 bridgehead atoms. The van der Waals surface area contributed by atoms with Crippen LogP contribution < -0.4 is 15.6 Å². The molecule has 1 aliphatic heterocycles. The highest BCUT2D eigenvalue weighted by Gasteiger charge is 2.42. The predicted octanol–water partition coefficient (Wildman–Crippen LogP) is 2.97. The number of guanidine groups is 1. The van der Waals surface area contributed by atoms with Gasteiger partial charge in [0, 0.05) is 12.8 Å². The van der Waals surface area contributed by atoms with Crippen molar-refractivity contribution in [3.63, 3.8) is 0 Å². The van der Waals surface area contributed by atoms with E-state index >= 15 is 0 Å². The number of allylic oxidation sites excluding steroid dienone is 1. The highest BCUT2D eigenvalue weighted by molar-refractivity contribution is 6.01. The van der Waals surface area contributed by atoms with Crippen molar-refractivity contribution in [2.75, 3.05) is 5.32 Å². The number of nitrogens with zero attached hydrogens (tertiary/aromatic N) is 1. The summed E-state index contributed by atoms with van der Waals surface area (Å²) in [6.45, 7) is 6.32. The lowest BCUT2D eigenvalue weighted by Crippen LogP contribution is -2.82. The van der Waals surface area contributed by atoms with E-state index in [2.05, 4.69) is 65.6 Å². The third kappa shape index (κ3) is 3.38. The second kappa shape index (κ2) is 6.83. The topological polar surface area (TPSA) is 81.1 Å². The molecule has 0 radical (unpaired) electrons. The third-order valence-corrected chi connectivity index (χ3v) is 5.71. The van der Waals surface area contributed by atoms with E-state index in [4.69, 9.17) is 4.42 Å². The van der Waals surface area contributed by atoms with Gasteiger partial charge >= 0.3 is 12.0 Å². The monoisotopic (exact) mass is 401 g/mol. The van der Waals surface area contributed by atoms with Crippen molar-refractivity contribution < 1.29 is 14.2 Å². The van der Waals surface area contributed by atoms with Crippen LogP contribution in [0.5, 0.6) is 0 Å². The average Bonchev–Trinajstić information content (AvgIpc) is 3.09. The maximum Gasteiger partial charge on any atom is 0.365 e. The highest BCUT2D eigenvalue weighted by atomic mass is 16.4. The Balaban J connectivity index is 1.54. The van der Waals surface area contributed by atoms with Crippen LogP contribution in [-0.2, 0) is 4.79 Å². The van der Waals surface area contributed by atoms with E-state index in [-0.39, 0.29) is 17.2 Å². The minimum absolute atomic E-state index is 0.0825. The Kier molecular flexibility index (Phi) is 4.24. The first-order valence-corrected chi connectivity index (χ1v) is 10.2. The van der Waals surface area contributed by atoms with E-state index in [0.29, 0.717) is 18.4 Å². The number of aryl methyl sites for hydroxylation is 1. The van der Waals surface area contributed by atoms with Gasteiger partial charge in [-0.25, -0.2) is 5.32 Å². The zero-order valence-corrected chi connectivity index (χ0v) is 17.4. The molecule has 1 aromatic heterocycles. The van der Waals surface area contributed by atoms with E-state index < -0.39 is 0 Å². The highest BCUT2D eigenvalue weighted by Crippen LogP contribution is 2.39. The molecular weight excluding hydrogens is 376 g/mol. The molecule has 0 saturated heterocycles. The van der Waals surface area contributed by atoms with Crippen molar-refractivity contribution in [3.05, 3.63) is 70.9 Å². The Morgan fingerprint density at radius 1 is 1.13 bits per heavy atom. The van der Waals surface area contributed by atoms with E-state index in [0.717, 1.165) is 34.4 Å². The Morgan fingerprint density at radius 2 is 1.90 bits per heavy atom. The molecule has 1 aliphatic carbocycles. The molecule has 152 valence electrons. The Hall–Kier alpha value is -3.41. The second-order valence-electron chi connectivity index (χ2n) is 8.93. The number of hydrogen-bond acceptors (Lipinski definition) is 5. The SMILES string of the molecule is Cc1ccc([C@H]2[NH+]=C(Nc3nc4ccccc4o3)NC3=C2C(=O)CC(C)(C)C3)cc1. The number of aromatic nitrogens is 1. The van der Waals surface area contributed by atoms with Gasteiger partial charge in [-0.1, -0.05) is 55.8 Å². The summed E-state index contributed by atoms with van der Waals surface area (Å²) in [5.41, 5.74) is 5.45. The molecular formula is C24H25N4O2+. The van der Waals surface area contributed by atoms with Gasteiger partial charge in [0.05, 0.1) is 11.3 Å². The van der Waals surface area contributed by atoms with E-state index in [9.17, 15) is 4.79 Å². The Bertz CT molecular complexity index is 1170. The second-order valence-corrected chi connectivity index (χ2v) is 8.93. The summed E-state index contributed by atoms with van der Waals surface area (Å²) in [7, 11) is 0. The van der Waals surface area contributed by atoms with Crippen molar-refractivity contribution in [1.29, 1.82) is 0 Å². The number of ketones is 1. The van der Waals surface area contributed by atoms with Crippen molar-refractivity contribution >= 4 is 28.9 Å². The summed E-state index contributed by atoms with van der Waals surface area (Å²) in [5.74, 6) is 0.851. The summed E-state index contributed by atoms with van der Waals surface area (Å²) in [4.78, 5) is 21.0. The third-order valence-electron chi connectivity index (χ3n) is 5.71. The summed E-state index contributed by atoms with van der Waals surface area (Å²) in [5, 5.41) is 6.63. The summed E-state index contributed by atoms with van der Waals surface area (Å²) in [6, 6.07) is 16.1. The van der Waals surface area contributed by atoms with Crippen LogP contribution in [0.15, 0.2) is 64.2 Å². The number of carbonyl (C=O) groups is 1. The van der Waals surface area contributed by atoms with Gasteiger partial charge in [-0.05, 0) is 30.0 Å². The van der Waals surface area contributed by atoms with Crippen molar-refractivity contribution in [2.24, 2.45) is 5.41 Å². The Labute approximate surface area is 175 Å². The van der Waals surface area contributed by atoms with Crippen LogP contribution in [0, 0.1) is 12.3 Å². The van der Waals surface area contributed by atoms with Crippen LogP contribution in [0.2, 0.25) is 0 Å². The van der Waals surface area contributed by atoms with E-state index in [1.165, 1.54) is 5.56 Å². The Morgan fingerprint density at radius 3 is 2.67 bits per heavy atom. The van der Waals surface area contributed by atoms with Crippen molar-refractivity contribution in [3.8, 4) is 0 Å². The number of carbonyl (C=O) groups excluding carboxylic acids is 1. The van der Waals surface area contributed by atoms with Gasteiger partial charge in [0.15, 0.2) is 11.4 Å². The quantitative estimate of drug-likeness (QED) is 0.615. The first-order chi connectivity index (χ1) is 14.4. The van der Waals surface area contributed by atoms with E-state index in [1.54, 1.807) is 0 Å². The molecule has 1 atom stereocenters. The summed E-state index contributed by atoms with van der Waals surface area (Å²) >= 11 is 0. The molecule has 3 aromatic rings. The molecule has 0 spiro atoms. The molecule has 30 heavy (non-hydrogen) atoms. The molecule has 0 unspecified atom stereocenters. The van der Waals surface area contributed by atoms with Crippen LogP contribution in [0.1, 0.15) is 43.9 Å². The number of anilines is 1.